The molecule has 0 aliphatic carbocycles. The molecule has 1 aromatic rings. The number of rotatable bonds is 26. The summed E-state index contributed by atoms with van der Waals surface area (Å²) in [6, 6.07) is 2.94. The topological polar surface area (TPSA) is 198 Å². The maximum Gasteiger partial charge on any atom is 0.246 e. The van der Waals surface area contributed by atoms with Gasteiger partial charge in [0.25, 0.3) is 0 Å². The van der Waals surface area contributed by atoms with Gasteiger partial charge in [0, 0.05) is 48.2 Å². The van der Waals surface area contributed by atoms with Crippen LogP contribution in [0.25, 0.3) is 0 Å². The average molecular weight is 914 g/mol. The van der Waals surface area contributed by atoms with E-state index in [-0.39, 0.29) is 41.9 Å². The Morgan fingerprint density at radius 3 is 1.28 bits per heavy atom. The highest BCUT2D eigenvalue weighted by Gasteiger charge is 2.45. The van der Waals surface area contributed by atoms with Crippen molar-refractivity contribution in [1.29, 1.82) is 0 Å². The van der Waals surface area contributed by atoms with E-state index in [4.69, 9.17) is 5.73 Å². The quantitative estimate of drug-likeness (QED) is 0.101. The molecular weight excluding hydrogens is 827 g/mol. The Morgan fingerprint density at radius 2 is 0.892 bits per heavy atom. The number of amides is 7. The van der Waals surface area contributed by atoms with Crippen molar-refractivity contribution < 1.29 is 33.6 Å². The fraction of sp³-hybridized carbons (Fsp3) is 0.735. The van der Waals surface area contributed by atoms with Gasteiger partial charge >= 0.3 is 0 Å². The third kappa shape index (κ3) is 15.8. The van der Waals surface area contributed by atoms with E-state index < -0.39 is 83.7 Å². The molecule has 16 heteroatoms. The highest BCUT2D eigenvalue weighted by atomic mass is 16.2. The average Bonchev–Trinajstić information content (AvgIpc) is 3.22. The van der Waals surface area contributed by atoms with Crippen LogP contribution < -0.4 is 21.7 Å². The minimum absolute atomic E-state index is 0.0345. The van der Waals surface area contributed by atoms with Crippen LogP contribution in [-0.2, 0) is 40.0 Å². The Labute approximate surface area is 391 Å². The highest BCUT2D eigenvalue weighted by Crippen LogP contribution is 2.25. The second-order valence-corrected chi connectivity index (χ2v) is 19.7. The lowest BCUT2D eigenvalue weighted by Crippen LogP contribution is -2.63. The molecule has 0 aliphatic heterocycles. The van der Waals surface area contributed by atoms with Crippen LogP contribution in [0.3, 0.4) is 0 Å². The van der Waals surface area contributed by atoms with E-state index in [9.17, 15) is 33.6 Å². The molecule has 370 valence electrons. The Bertz CT molecular complexity index is 1700. The van der Waals surface area contributed by atoms with Crippen molar-refractivity contribution in [3.8, 4) is 0 Å². The van der Waals surface area contributed by atoms with Gasteiger partial charge in [-0.1, -0.05) is 113 Å². The lowest BCUT2D eigenvalue weighted by atomic mass is 9.93. The van der Waals surface area contributed by atoms with Gasteiger partial charge in [0.05, 0.1) is 6.04 Å². The maximum atomic E-state index is 14.9. The molecule has 0 aliphatic rings. The summed E-state index contributed by atoms with van der Waals surface area (Å²) in [7, 11) is 9.45. The van der Waals surface area contributed by atoms with Gasteiger partial charge in [0.15, 0.2) is 0 Å². The molecule has 0 bridgehead atoms. The molecular formula is C49H87N9O7. The molecule has 0 spiro atoms. The summed E-state index contributed by atoms with van der Waals surface area (Å²) in [5, 5.41) is 8.87. The second-order valence-electron chi connectivity index (χ2n) is 19.7. The fourth-order valence-electron chi connectivity index (χ4n) is 8.74. The van der Waals surface area contributed by atoms with Crippen molar-refractivity contribution in [3.63, 3.8) is 0 Å². The number of carbonyl (C=O) groups is 7. The first-order valence-corrected chi connectivity index (χ1v) is 23.5. The first-order valence-electron chi connectivity index (χ1n) is 23.5. The fourth-order valence-corrected chi connectivity index (χ4v) is 8.74. The summed E-state index contributed by atoms with van der Waals surface area (Å²) in [4.78, 5) is 107. The number of benzene rings is 1. The van der Waals surface area contributed by atoms with Gasteiger partial charge in [-0.25, -0.2) is 0 Å². The van der Waals surface area contributed by atoms with Crippen LogP contribution in [0.1, 0.15) is 101 Å². The van der Waals surface area contributed by atoms with Gasteiger partial charge < -0.3 is 46.2 Å². The Balaban J connectivity index is 3.64. The number of hydrogen-bond donors (Lipinski definition) is 4. The van der Waals surface area contributed by atoms with Gasteiger partial charge in [-0.15, -0.1) is 0 Å². The zero-order valence-corrected chi connectivity index (χ0v) is 43.1. The van der Waals surface area contributed by atoms with Crippen molar-refractivity contribution in [2.45, 2.75) is 145 Å². The van der Waals surface area contributed by atoms with Crippen molar-refractivity contribution >= 4 is 41.4 Å². The summed E-state index contributed by atoms with van der Waals surface area (Å²) < 4.78 is 0. The van der Waals surface area contributed by atoms with E-state index in [2.05, 4.69) is 16.0 Å². The molecule has 0 heterocycles. The molecule has 0 radical (unpaired) electrons. The van der Waals surface area contributed by atoms with Gasteiger partial charge in [-0.05, 0) is 67.5 Å². The van der Waals surface area contributed by atoms with Crippen LogP contribution in [0.2, 0.25) is 0 Å². The summed E-state index contributed by atoms with van der Waals surface area (Å²) in [5.74, 6) is -4.70. The molecule has 1 aromatic carbocycles. The molecule has 1 rings (SSSR count). The van der Waals surface area contributed by atoms with E-state index in [1.165, 1.54) is 38.6 Å². The van der Waals surface area contributed by atoms with Crippen LogP contribution in [0, 0.1) is 35.5 Å². The number of likely N-dealkylation sites (N-methyl/N-ethyl adjacent to an activating group) is 6. The number of nitrogens with zero attached hydrogens (tertiary/aromatic N) is 5. The number of unbranched alkanes of at least 4 members (excludes halogenated alkanes) is 1. The molecule has 16 nitrogen and oxygen atoms in total. The van der Waals surface area contributed by atoms with Crippen molar-refractivity contribution in [2.24, 2.45) is 41.2 Å². The second kappa shape index (κ2) is 27.2. The predicted molar refractivity (Wildman–Crippen MR) is 258 cm³/mol. The van der Waals surface area contributed by atoms with E-state index in [1.54, 1.807) is 28.2 Å². The molecule has 0 saturated heterocycles. The molecule has 0 aromatic heterocycles. The molecule has 7 atom stereocenters. The first-order chi connectivity index (χ1) is 30.2. The predicted octanol–water partition coefficient (Wildman–Crippen LogP) is 3.23. The number of hydrogen-bond acceptors (Lipinski definition) is 9. The van der Waals surface area contributed by atoms with E-state index in [1.807, 2.05) is 113 Å². The minimum Gasteiger partial charge on any atom is -0.354 e. The van der Waals surface area contributed by atoms with Crippen LogP contribution in [0.15, 0.2) is 30.3 Å². The molecule has 5 N–H and O–H groups in total. The summed E-state index contributed by atoms with van der Waals surface area (Å²) in [5.41, 5.74) is 6.45. The lowest BCUT2D eigenvalue weighted by Gasteiger charge is -2.42. The standard InChI is InChI=1S/C49H87N9O7/c1-29(2)37(51-13)43(59)53-38(30(3)4)46(62)56(16)41(33(9)10)48(64)58(18)42(34(11)12)49(65)57(17)40(32(7)8)47(63)54(14)36(28-35-24-20-19-21-25-35)45(61)55(15)39(31(5)6)44(60)52-27-23-22-26-50/h19-21,24-25,29-34,36-42,51H,22-23,26-28,50H2,1-18H3,(H,52,60)(H,53,59). The summed E-state index contributed by atoms with van der Waals surface area (Å²) in [6.07, 6.45) is 1.61. The lowest BCUT2D eigenvalue weighted by molar-refractivity contribution is -0.158. The van der Waals surface area contributed by atoms with Gasteiger partial charge in [-0.3, -0.25) is 33.6 Å². The van der Waals surface area contributed by atoms with Crippen LogP contribution in [0.4, 0.5) is 0 Å². The maximum absolute atomic E-state index is 14.9. The normalized spacial score (nSPS) is 15.0. The van der Waals surface area contributed by atoms with Crippen molar-refractivity contribution in [1.82, 2.24) is 40.4 Å². The summed E-state index contributed by atoms with van der Waals surface area (Å²) in [6.45, 7) is 23.1. The molecule has 0 saturated carbocycles. The van der Waals surface area contributed by atoms with Gasteiger partial charge in [0.1, 0.15) is 36.3 Å². The minimum atomic E-state index is -1.05. The summed E-state index contributed by atoms with van der Waals surface area (Å²) >= 11 is 0. The monoisotopic (exact) mass is 914 g/mol. The number of nitrogens with one attached hydrogen (secondary N) is 3. The smallest absolute Gasteiger partial charge is 0.246 e. The van der Waals surface area contributed by atoms with Gasteiger partial charge in [0.2, 0.25) is 41.4 Å². The van der Waals surface area contributed by atoms with Crippen LogP contribution >= 0.6 is 0 Å². The zero-order chi connectivity index (χ0) is 50.2. The van der Waals surface area contributed by atoms with Crippen LogP contribution in [-0.4, -0.2) is 164 Å². The number of carbonyl (C=O) groups excluding carboxylic acids is 7. The third-order valence-electron chi connectivity index (χ3n) is 12.4. The molecule has 7 unspecified atom stereocenters. The Hall–Kier alpha value is -4.57. The van der Waals surface area contributed by atoms with Crippen molar-refractivity contribution in [3.05, 3.63) is 35.9 Å². The zero-order valence-electron chi connectivity index (χ0n) is 43.1. The van der Waals surface area contributed by atoms with E-state index in [0.29, 0.717) is 19.5 Å². The van der Waals surface area contributed by atoms with Crippen molar-refractivity contribution in [2.75, 3.05) is 55.4 Å². The SMILES string of the molecule is CNC(C(=O)NC(C(=O)N(C)C(C(=O)N(C)C(C(=O)N(C)C(C(=O)N(C)C(Cc1ccccc1)C(=O)N(C)C(C(=O)NCCCCN)C(C)C)C(C)C)C(C)C)C(C)C)C(C)C)C(C)C. The van der Waals surface area contributed by atoms with E-state index >= 15 is 0 Å². The highest BCUT2D eigenvalue weighted by molar-refractivity contribution is 5.97. The molecule has 65 heavy (non-hydrogen) atoms. The Kier molecular flexibility index (Phi) is 24.4. The molecule has 7 amide bonds. The Morgan fingerprint density at radius 1 is 0.492 bits per heavy atom. The largest absolute Gasteiger partial charge is 0.354 e. The van der Waals surface area contributed by atoms with E-state index in [0.717, 1.165) is 12.0 Å². The first kappa shape index (κ1) is 58.4. The number of nitrogens with two attached hydrogens (primary N) is 1. The van der Waals surface area contributed by atoms with Crippen LogP contribution in [0.5, 0.6) is 0 Å². The van der Waals surface area contributed by atoms with Gasteiger partial charge in [-0.2, -0.15) is 0 Å². The molecule has 0 fully saturated rings. The third-order valence-corrected chi connectivity index (χ3v) is 12.4.